The maximum Gasteiger partial charge on any atom is 0.0678 e. The second-order valence-corrected chi connectivity index (χ2v) is 6.31. The smallest absolute Gasteiger partial charge is 0.0678 e. The van der Waals surface area contributed by atoms with Crippen LogP contribution in [-0.4, -0.2) is 68.3 Å². The summed E-state index contributed by atoms with van der Waals surface area (Å²) in [4.78, 5) is 4.82. The van der Waals surface area contributed by atoms with Gasteiger partial charge in [0.1, 0.15) is 0 Å². The fourth-order valence-corrected chi connectivity index (χ4v) is 3.21. The van der Waals surface area contributed by atoms with E-state index in [9.17, 15) is 5.11 Å². The maximum atomic E-state index is 9.95. The zero-order valence-electron chi connectivity index (χ0n) is 13.5. The summed E-state index contributed by atoms with van der Waals surface area (Å²) < 4.78 is 0. The third-order valence-electron chi connectivity index (χ3n) is 4.91. The van der Waals surface area contributed by atoms with Crippen molar-refractivity contribution in [2.75, 3.05) is 47.4 Å². The highest BCUT2D eigenvalue weighted by Crippen LogP contribution is 2.25. The summed E-state index contributed by atoms with van der Waals surface area (Å²) in [5, 5.41) is 13.3. The van der Waals surface area contributed by atoms with Gasteiger partial charge in [0.05, 0.1) is 12.1 Å². The molecule has 2 rings (SSSR count). The average molecular weight is 291 g/mol. The van der Waals surface area contributed by atoms with E-state index < -0.39 is 0 Å². The molecule has 0 aliphatic carbocycles. The molecule has 1 aliphatic heterocycles. The molecule has 1 aliphatic rings. The monoisotopic (exact) mass is 291 g/mol. The minimum atomic E-state index is -0.336. The molecule has 118 valence electrons. The van der Waals surface area contributed by atoms with Crippen LogP contribution in [0.2, 0.25) is 0 Å². The molecule has 4 heteroatoms. The number of hydrogen-bond acceptors (Lipinski definition) is 4. The fourth-order valence-electron chi connectivity index (χ4n) is 3.21. The molecule has 1 heterocycles. The van der Waals surface area contributed by atoms with Crippen LogP contribution in [0.3, 0.4) is 0 Å². The molecule has 0 amide bonds. The summed E-state index contributed by atoms with van der Waals surface area (Å²) in [6.07, 6.45) is 2.16. The Morgan fingerprint density at radius 3 is 2.57 bits per heavy atom. The van der Waals surface area contributed by atoms with Gasteiger partial charge >= 0.3 is 0 Å². The van der Waals surface area contributed by atoms with Crippen LogP contribution in [-0.2, 0) is 5.54 Å². The largest absolute Gasteiger partial charge is 0.394 e. The number of aliphatic hydroxyl groups excluding tert-OH is 1. The molecule has 0 saturated carbocycles. The van der Waals surface area contributed by atoms with Gasteiger partial charge in [-0.25, -0.2) is 0 Å². The van der Waals surface area contributed by atoms with Gasteiger partial charge in [-0.3, -0.25) is 0 Å². The lowest BCUT2D eigenvalue weighted by Crippen LogP contribution is -2.46. The molecule has 1 saturated heterocycles. The van der Waals surface area contributed by atoms with Crippen LogP contribution < -0.4 is 5.32 Å². The first-order valence-electron chi connectivity index (χ1n) is 7.85. The molecule has 2 atom stereocenters. The highest BCUT2D eigenvalue weighted by atomic mass is 16.3. The van der Waals surface area contributed by atoms with Crippen LogP contribution in [0.4, 0.5) is 0 Å². The predicted octanol–water partition coefficient (Wildman–Crippen LogP) is 1.12. The Balaban J connectivity index is 1.98. The summed E-state index contributed by atoms with van der Waals surface area (Å²) in [5.41, 5.74) is 0.829. The van der Waals surface area contributed by atoms with Crippen LogP contribution in [0.25, 0.3) is 0 Å². The van der Waals surface area contributed by atoms with Crippen molar-refractivity contribution in [2.45, 2.75) is 24.4 Å². The topological polar surface area (TPSA) is 38.7 Å². The number of likely N-dealkylation sites (N-methyl/N-ethyl adjacent to an activating group) is 2. The summed E-state index contributed by atoms with van der Waals surface area (Å²) in [6.45, 7) is 3.43. The van der Waals surface area contributed by atoms with Crippen molar-refractivity contribution in [3.05, 3.63) is 35.9 Å². The van der Waals surface area contributed by atoms with Crippen LogP contribution >= 0.6 is 0 Å². The van der Waals surface area contributed by atoms with E-state index >= 15 is 0 Å². The van der Waals surface area contributed by atoms with E-state index in [2.05, 4.69) is 41.3 Å². The van der Waals surface area contributed by atoms with Crippen molar-refractivity contribution in [3.63, 3.8) is 0 Å². The van der Waals surface area contributed by atoms with E-state index in [0.717, 1.165) is 26.1 Å². The molecular weight excluding hydrogens is 262 g/mol. The normalized spacial score (nSPS) is 22.6. The molecule has 0 aromatic heterocycles. The summed E-state index contributed by atoms with van der Waals surface area (Å²) in [7, 11) is 6.25. The average Bonchev–Trinajstić information content (AvgIpc) is 2.99. The predicted molar refractivity (Wildman–Crippen MR) is 87.4 cm³/mol. The minimum Gasteiger partial charge on any atom is -0.394 e. The molecule has 1 fully saturated rings. The Bertz CT molecular complexity index is 417. The molecular formula is C17H29N3O. The van der Waals surface area contributed by atoms with Gasteiger partial charge in [0.2, 0.25) is 0 Å². The molecule has 21 heavy (non-hydrogen) atoms. The van der Waals surface area contributed by atoms with E-state index in [4.69, 9.17) is 0 Å². The number of hydrogen-bond donors (Lipinski definition) is 2. The molecule has 2 unspecified atom stereocenters. The third kappa shape index (κ3) is 3.83. The Kier molecular flexibility index (Phi) is 5.76. The fraction of sp³-hybridized carbons (Fsp3) is 0.647. The molecule has 0 radical (unpaired) electrons. The molecule has 1 aromatic rings. The lowest BCUT2D eigenvalue weighted by molar-refractivity contribution is 0.142. The van der Waals surface area contributed by atoms with Gasteiger partial charge in [0, 0.05) is 19.1 Å². The third-order valence-corrected chi connectivity index (χ3v) is 4.91. The highest BCUT2D eigenvalue weighted by molar-refractivity contribution is 5.24. The quantitative estimate of drug-likeness (QED) is 0.790. The Morgan fingerprint density at radius 2 is 2.05 bits per heavy atom. The Labute approximate surface area is 128 Å². The number of likely N-dealkylation sites (tertiary alicyclic amines) is 1. The first kappa shape index (κ1) is 16.4. The molecule has 4 nitrogen and oxygen atoms in total. The second kappa shape index (κ2) is 7.36. The zero-order chi connectivity index (χ0) is 15.3. The minimum absolute atomic E-state index is 0.123. The van der Waals surface area contributed by atoms with E-state index in [1.807, 2.05) is 25.2 Å². The van der Waals surface area contributed by atoms with Gasteiger partial charge in [-0.2, -0.15) is 0 Å². The number of benzene rings is 1. The van der Waals surface area contributed by atoms with Crippen molar-refractivity contribution in [3.8, 4) is 0 Å². The van der Waals surface area contributed by atoms with Crippen molar-refractivity contribution in [1.82, 2.24) is 15.1 Å². The first-order valence-corrected chi connectivity index (χ1v) is 7.85. The van der Waals surface area contributed by atoms with E-state index in [1.54, 1.807) is 0 Å². The second-order valence-electron chi connectivity index (χ2n) is 6.31. The van der Waals surface area contributed by atoms with Crippen LogP contribution in [0.1, 0.15) is 18.4 Å². The molecule has 1 aromatic carbocycles. The summed E-state index contributed by atoms with van der Waals surface area (Å²) in [5.74, 6) is 0. The van der Waals surface area contributed by atoms with Crippen LogP contribution in [0.15, 0.2) is 30.3 Å². The number of aliphatic hydroxyl groups is 1. The summed E-state index contributed by atoms with van der Waals surface area (Å²) in [6, 6.07) is 11.0. The maximum absolute atomic E-state index is 9.95. The van der Waals surface area contributed by atoms with Gasteiger partial charge in [-0.1, -0.05) is 30.3 Å². The SMILES string of the molecule is CNC(CO)(CCN1CCC(N(C)C)C1)c1ccccc1. The summed E-state index contributed by atoms with van der Waals surface area (Å²) >= 11 is 0. The van der Waals surface area contributed by atoms with Crippen molar-refractivity contribution < 1.29 is 5.11 Å². The zero-order valence-corrected chi connectivity index (χ0v) is 13.5. The van der Waals surface area contributed by atoms with Crippen molar-refractivity contribution in [1.29, 1.82) is 0 Å². The number of rotatable bonds is 7. The lowest BCUT2D eigenvalue weighted by atomic mass is 9.87. The van der Waals surface area contributed by atoms with Gasteiger partial charge in [-0.05, 0) is 46.1 Å². The first-order chi connectivity index (χ1) is 10.1. The van der Waals surface area contributed by atoms with Crippen molar-refractivity contribution >= 4 is 0 Å². The van der Waals surface area contributed by atoms with Gasteiger partial charge in [0.15, 0.2) is 0 Å². The molecule has 0 spiro atoms. The van der Waals surface area contributed by atoms with Crippen LogP contribution in [0, 0.1) is 0 Å². The van der Waals surface area contributed by atoms with Gasteiger partial charge in [0.25, 0.3) is 0 Å². The van der Waals surface area contributed by atoms with Gasteiger partial charge in [-0.15, -0.1) is 0 Å². The number of nitrogens with zero attached hydrogens (tertiary/aromatic N) is 2. The van der Waals surface area contributed by atoms with E-state index in [0.29, 0.717) is 6.04 Å². The molecule has 2 N–H and O–H groups in total. The Hall–Kier alpha value is -0.940. The van der Waals surface area contributed by atoms with Crippen molar-refractivity contribution in [2.24, 2.45) is 0 Å². The van der Waals surface area contributed by atoms with Gasteiger partial charge < -0.3 is 20.2 Å². The van der Waals surface area contributed by atoms with E-state index in [1.165, 1.54) is 12.0 Å². The lowest BCUT2D eigenvalue weighted by Gasteiger charge is -2.34. The number of nitrogens with one attached hydrogen (secondary N) is 1. The Morgan fingerprint density at radius 1 is 1.33 bits per heavy atom. The molecule has 0 bridgehead atoms. The highest BCUT2D eigenvalue weighted by Gasteiger charge is 2.31. The van der Waals surface area contributed by atoms with Crippen LogP contribution in [0.5, 0.6) is 0 Å². The standard InChI is InChI=1S/C17H29N3O/c1-18-17(14-21,15-7-5-4-6-8-15)10-12-20-11-9-16(13-20)19(2)3/h4-8,16,18,21H,9-14H2,1-3H3. The van der Waals surface area contributed by atoms with E-state index in [-0.39, 0.29) is 12.1 Å².